The Kier molecular flexibility index (Phi) is 4.11. The number of hydrogen-bond donors (Lipinski definition) is 1. The Balaban J connectivity index is 2.15. The largest absolute Gasteiger partial charge is 0.333 e. The Morgan fingerprint density at radius 2 is 2.12 bits per heavy atom. The molecule has 0 radical (unpaired) electrons. The highest BCUT2D eigenvalue weighted by Crippen LogP contribution is 2.11. The van der Waals surface area contributed by atoms with Crippen LogP contribution in [-0.2, 0) is 13.6 Å². The van der Waals surface area contributed by atoms with Gasteiger partial charge in [0.1, 0.15) is 0 Å². The second kappa shape index (κ2) is 6.23. The number of rotatable bonds is 1. The second-order valence-corrected chi connectivity index (χ2v) is 5.90. The van der Waals surface area contributed by atoms with Crippen LogP contribution in [0.1, 0.15) is 11.4 Å². The molecule has 0 unspecified atom stereocenters. The van der Waals surface area contributed by atoms with Gasteiger partial charge in [-0.15, -0.1) is 6.42 Å². The average Bonchev–Trinajstić information content (AvgIpc) is 3.00. The Labute approximate surface area is 145 Å². The summed E-state index contributed by atoms with van der Waals surface area (Å²) >= 11 is 3.38. The van der Waals surface area contributed by atoms with Crippen LogP contribution in [0.4, 0.5) is 0 Å². The van der Waals surface area contributed by atoms with Gasteiger partial charge in [-0.3, -0.25) is 9.36 Å². The van der Waals surface area contributed by atoms with Crippen LogP contribution in [-0.4, -0.2) is 19.1 Å². The Bertz CT molecular complexity index is 1170. The molecule has 24 heavy (non-hydrogen) atoms. The molecule has 0 amide bonds. The maximum absolute atomic E-state index is 12.4. The molecule has 0 aliphatic carbocycles. The monoisotopic (exact) mass is 382 g/mol. The quantitative estimate of drug-likeness (QED) is 0.643. The van der Waals surface area contributed by atoms with E-state index in [0.29, 0.717) is 5.82 Å². The van der Waals surface area contributed by atoms with Crippen molar-refractivity contribution >= 4 is 27.1 Å². The highest BCUT2D eigenvalue weighted by Gasteiger charge is 2.14. The zero-order valence-corrected chi connectivity index (χ0v) is 14.2. The molecule has 2 heterocycles. The molecule has 0 aliphatic rings. The van der Waals surface area contributed by atoms with Crippen LogP contribution in [0.15, 0.2) is 38.3 Å². The van der Waals surface area contributed by atoms with Crippen molar-refractivity contribution < 1.29 is 0 Å². The van der Waals surface area contributed by atoms with E-state index in [9.17, 15) is 9.59 Å². The van der Waals surface area contributed by atoms with Crippen molar-refractivity contribution in [2.45, 2.75) is 6.54 Å². The van der Waals surface area contributed by atoms with Crippen molar-refractivity contribution in [2.75, 3.05) is 0 Å². The summed E-state index contributed by atoms with van der Waals surface area (Å²) in [4.78, 5) is 31.6. The number of terminal acetylenes is 1. The molecule has 1 aromatic carbocycles. The van der Waals surface area contributed by atoms with E-state index < -0.39 is 11.2 Å². The molecule has 2 aromatic heterocycles. The minimum absolute atomic E-state index is 0.0977. The number of benzene rings is 1. The van der Waals surface area contributed by atoms with E-state index in [1.807, 2.05) is 24.3 Å². The van der Waals surface area contributed by atoms with Gasteiger partial charge in [-0.25, -0.2) is 14.3 Å². The predicted octanol–water partition coefficient (Wildman–Crippen LogP) is 1.22. The van der Waals surface area contributed by atoms with Crippen LogP contribution >= 0.6 is 15.9 Å². The van der Waals surface area contributed by atoms with Crippen LogP contribution in [0.2, 0.25) is 0 Å². The molecule has 0 saturated carbocycles. The summed E-state index contributed by atoms with van der Waals surface area (Å²) in [6.45, 7) is -0.0977. The first-order valence-electron chi connectivity index (χ1n) is 6.92. The first-order chi connectivity index (χ1) is 11.5. The Morgan fingerprint density at radius 1 is 1.33 bits per heavy atom. The molecule has 0 bridgehead atoms. The molecular formula is C17H11BrN4O2. The number of aromatic amines is 1. The molecule has 0 aliphatic heterocycles. The molecule has 6 nitrogen and oxygen atoms in total. The lowest BCUT2D eigenvalue weighted by Crippen LogP contribution is -2.38. The molecule has 3 aromatic rings. The number of halogens is 1. The van der Waals surface area contributed by atoms with Crippen LogP contribution in [0.3, 0.4) is 0 Å². The minimum atomic E-state index is -0.511. The minimum Gasteiger partial charge on any atom is -0.325 e. The number of fused-ring (bicyclic) bond motifs is 1. The summed E-state index contributed by atoms with van der Waals surface area (Å²) in [5.41, 5.74) is 0.226. The fraction of sp³-hybridized carbons (Fsp3) is 0.118. The van der Waals surface area contributed by atoms with Crippen molar-refractivity contribution in [2.24, 2.45) is 7.05 Å². The van der Waals surface area contributed by atoms with E-state index in [1.54, 1.807) is 0 Å². The molecule has 1 N–H and O–H groups in total. The summed E-state index contributed by atoms with van der Waals surface area (Å²) in [7, 11) is 1.53. The topological polar surface area (TPSA) is 72.7 Å². The molecular weight excluding hydrogens is 372 g/mol. The highest BCUT2D eigenvalue weighted by atomic mass is 79.9. The lowest BCUT2D eigenvalue weighted by Gasteiger charge is -2.03. The SMILES string of the molecule is C#CCn1c(=O)c2[nH]c(C#Cc3cccc(Br)c3)nc2n(C)c1=O. The van der Waals surface area contributed by atoms with Gasteiger partial charge in [0.2, 0.25) is 0 Å². The van der Waals surface area contributed by atoms with Crippen LogP contribution in [0.25, 0.3) is 11.2 Å². The highest BCUT2D eigenvalue weighted by molar-refractivity contribution is 9.10. The summed E-state index contributed by atoms with van der Waals surface area (Å²) in [5.74, 6) is 8.42. The van der Waals surface area contributed by atoms with Crippen LogP contribution < -0.4 is 11.2 Å². The standard InChI is InChI=1S/C17H11BrN4O2/c1-3-9-22-16(23)14-15(21(2)17(22)24)20-13(19-14)8-7-11-5-4-6-12(18)10-11/h1,4-6,10H,9H2,2H3,(H,19,20). The van der Waals surface area contributed by atoms with Crippen molar-refractivity contribution in [1.82, 2.24) is 19.1 Å². The Morgan fingerprint density at radius 3 is 2.83 bits per heavy atom. The second-order valence-electron chi connectivity index (χ2n) is 4.98. The summed E-state index contributed by atoms with van der Waals surface area (Å²) in [5, 5.41) is 0. The van der Waals surface area contributed by atoms with Gasteiger partial charge in [-0.1, -0.05) is 33.8 Å². The maximum atomic E-state index is 12.4. The van der Waals surface area contributed by atoms with Gasteiger partial charge in [0.05, 0.1) is 6.54 Å². The van der Waals surface area contributed by atoms with Crippen molar-refractivity contribution in [1.29, 1.82) is 0 Å². The zero-order chi connectivity index (χ0) is 17.3. The number of aromatic nitrogens is 4. The first kappa shape index (κ1) is 15.9. The van der Waals surface area contributed by atoms with E-state index in [2.05, 4.69) is 43.7 Å². The zero-order valence-electron chi connectivity index (χ0n) is 12.6. The third kappa shape index (κ3) is 2.78. The van der Waals surface area contributed by atoms with Crippen molar-refractivity contribution in [3.05, 3.63) is 61.0 Å². The third-order valence-corrected chi connectivity index (χ3v) is 3.87. The molecule has 118 valence electrons. The van der Waals surface area contributed by atoms with Crippen LogP contribution in [0.5, 0.6) is 0 Å². The molecule has 0 atom stereocenters. The van der Waals surface area contributed by atoms with Gasteiger partial charge in [0, 0.05) is 17.1 Å². The molecule has 3 rings (SSSR count). The fourth-order valence-corrected chi connectivity index (χ4v) is 2.64. The first-order valence-corrected chi connectivity index (χ1v) is 7.71. The van der Waals surface area contributed by atoms with E-state index in [1.165, 1.54) is 11.6 Å². The summed E-state index contributed by atoms with van der Waals surface area (Å²) < 4.78 is 3.17. The fourth-order valence-electron chi connectivity index (χ4n) is 2.24. The number of nitrogens with zero attached hydrogens (tertiary/aromatic N) is 3. The average molecular weight is 383 g/mol. The number of imidazole rings is 1. The summed E-state index contributed by atoms with van der Waals surface area (Å²) in [6.07, 6.45) is 5.21. The van der Waals surface area contributed by atoms with E-state index >= 15 is 0 Å². The third-order valence-electron chi connectivity index (χ3n) is 3.38. The number of aryl methyl sites for hydroxylation is 1. The maximum Gasteiger partial charge on any atom is 0.333 e. The molecule has 7 heteroatoms. The van der Waals surface area contributed by atoms with E-state index in [-0.39, 0.29) is 17.7 Å². The van der Waals surface area contributed by atoms with Gasteiger partial charge in [0.25, 0.3) is 5.56 Å². The van der Waals surface area contributed by atoms with Gasteiger partial charge >= 0.3 is 5.69 Å². The van der Waals surface area contributed by atoms with Gasteiger partial charge < -0.3 is 4.98 Å². The number of nitrogens with one attached hydrogen (secondary N) is 1. The van der Waals surface area contributed by atoms with Gasteiger partial charge in [-0.05, 0) is 24.1 Å². The van der Waals surface area contributed by atoms with Gasteiger partial charge in [-0.2, -0.15) is 0 Å². The number of H-pyrrole nitrogens is 1. The molecule has 0 saturated heterocycles. The number of hydrogen-bond acceptors (Lipinski definition) is 3. The van der Waals surface area contributed by atoms with Crippen molar-refractivity contribution in [3.63, 3.8) is 0 Å². The van der Waals surface area contributed by atoms with E-state index in [0.717, 1.165) is 14.6 Å². The Hall–Kier alpha value is -3.03. The van der Waals surface area contributed by atoms with E-state index in [4.69, 9.17) is 6.42 Å². The lowest BCUT2D eigenvalue weighted by atomic mass is 10.2. The molecule has 0 spiro atoms. The molecule has 0 fully saturated rings. The lowest BCUT2D eigenvalue weighted by molar-refractivity contribution is 0.676. The normalized spacial score (nSPS) is 10.2. The summed E-state index contributed by atoms with van der Waals surface area (Å²) in [6, 6.07) is 7.49. The smallest absolute Gasteiger partial charge is 0.325 e. The predicted molar refractivity (Wildman–Crippen MR) is 94.5 cm³/mol. The van der Waals surface area contributed by atoms with Gasteiger partial charge in [0.15, 0.2) is 17.0 Å². The van der Waals surface area contributed by atoms with Crippen LogP contribution in [0, 0.1) is 24.2 Å². The van der Waals surface area contributed by atoms with Crippen molar-refractivity contribution in [3.8, 4) is 24.2 Å².